The molecule has 0 saturated heterocycles. The van der Waals surface area contributed by atoms with E-state index in [1.54, 1.807) is 26.0 Å². The lowest BCUT2D eigenvalue weighted by Gasteiger charge is -2.15. The highest BCUT2D eigenvalue weighted by atomic mass is 32.2. The van der Waals surface area contributed by atoms with Crippen molar-refractivity contribution < 1.29 is 9.47 Å². The summed E-state index contributed by atoms with van der Waals surface area (Å²) in [6.45, 7) is 0. The lowest BCUT2D eigenvalue weighted by atomic mass is 9.90. The van der Waals surface area contributed by atoms with E-state index in [9.17, 15) is 10.5 Å². The lowest BCUT2D eigenvalue weighted by molar-refractivity contribution is 0.414. The van der Waals surface area contributed by atoms with Crippen molar-refractivity contribution in [2.75, 3.05) is 20.0 Å². The van der Waals surface area contributed by atoms with E-state index >= 15 is 0 Å². The lowest BCUT2D eigenvalue weighted by Crippen LogP contribution is -2.03. The molecular weight excluding hydrogens is 394 g/mol. The molecule has 1 atom stereocenters. The molecule has 0 aliphatic carbocycles. The summed E-state index contributed by atoms with van der Waals surface area (Å²) in [5.41, 5.74) is 11.0. The fourth-order valence-corrected chi connectivity index (χ4v) is 5.27. The quantitative estimate of drug-likeness (QED) is 0.599. The Labute approximate surface area is 179 Å². The molecule has 4 rings (SSSR count). The van der Waals surface area contributed by atoms with Crippen molar-refractivity contribution in [2.45, 2.75) is 16.6 Å². The molecule has 5 nitrogen and oxygen atoms in total. The number of benzene rings is 3. The molecule has 0 amide bonds. The first-order valence-corrected chi connectivity index (χ1v) is 10.2. The van der Waals surface area contributed by atoms with Crippen LogP contribution in [-0.2, 0) is 6.42 Å². The number of hydrogen-bond acceptors (Lipinski definition) is 6. The summed E-state index contributed by atoms with van der Waals surface area (Å²) in [7, 11) is 3.25. The Balaban J connectivity index is 1.87. The van der Waals surface area contributed by atoms with Gasteiger partial charge in [0, 0.05) is 15.7 Å². The zero-order valence-electron chi connectivity index (χ0n) is 16.6. The average molecular weight is 414 g/mol. The minimum atomic E-state index is 0.128. The van der Waals surface area contributed by atoms with E-state index in [0.717, 1.165) is 38.6 Å². The zero-order chi connectivity index (χ0) is 21.3. The Hall–Kier alpha value is -3.61. The Morgan fingerprint density at radius 1 is 0.900 bits per heavy atom. The molecule has 6 heteroatoms. The first-order chi connectivity index (χ1) is 14.6. The van der Waals surface area contributed by atoms with Crippen LogP contribution < -0.4 is 15.2 Å². The summed E-state index contributed by atoms with van der Waals surface area (Å²) in [6, 6.07) is 20.0. The van der Waals surface area contributed by atoms with Gasteiger partial charge >= 0.3 is 0 Å². The maximum absolute atomic E-state index is 9.87. The molecule has 0 saturated carbocycles. The molecule has 0 bridgehead atoms. The number of fused-ring (bicyclic) bond motifs is 1. The second-order valence-corrected chi connectivity index (χ2v) is 8.10. The zero-order valence-corrected chi connectivity index (χ0v) is 17.4. The SMILES string of the molecule is COc1ccc(-c2c(C#N)c(N)c(C#N)c3c2SC(c2ccc(OC)cc2)C3)cc1. The van der Waals surface area contributed by atoms with Crippen molar-refractivity contribution in [3.8, 4) is 34.8 Å². The molecule has 30 heavy (non-hydrogen) atoms. The first-order valence-electron chi connectivity index (χ1n) is 9.34. The highest BCUT2D eigenvalue weighted by Crippen LogP contribution is 2.54. The largest absolute Gasteiger partial charge is 0.497 e. The van der Waals surface area contributed by atoms with Crippen molar-refractivity contribution in [3.63, 3.8) is 0 Å². The van der Waals surface area contributed by atoms with E-state index in [1.807, 2.05) is 48.5 Å². The van der Waals surface area contributed by atoms with Crippen molar-refractivity contribution >= 4 is 17.4 Å². The Morgan fingerprint density at radius 3 is 2.00 bits per heavy atom. The molecule has 0 spiro atoms. The number of nitrogens with two attached hydrogens (primary N) is 1. The van der Waals surface area contributed by atoms with Crippen molar-refractivity contribution in [1.29, 1.82) is 10.5 Å². The van der Waals surface area contributed by atoms with Crippen LogP contribution in [0.5, 0.6) is 11.5 Å². The Morgan fingerprint density at radius 2 is 1.47 bits per heavy atom. The van der Waals surface area contributed by atoms with Gasteiger partial charge in [0.2, 0.25) is 0 Å². The fourth-order valence-electron chi connectivity index (χ4n) is 3.78. The molecule has 1 aliphatic rings. The van der Waals surface area contributed by atoms with Gasteiger partial charge in [-0.2, -0.15) is 10.5 Å². The van der Waals surface area contributed by atoms with Crippen LogP contribution in [0.2, 0.25) is 0 Å². The second kappa shape index (κ2) is 8.02. The Bertz CT molecular complexity index is 1190. The minimum absolute atomic E-state index is 0.128. The smallest absolute Gasteiger partial charge is 0.118 e. The first kappa shape index (κ1) is 19.7. The van der Waals surface area contributed by atoms with Gasteiger partial charge in [0.1, 0.15) is 23.6 Å². The van der Waals surface area contributed by atoms with Gasteiger partial charge in [0.15, 0.2) is 0 Å². The van der Waals surface area contributed by atoms with Gasteiger partial charge in [-0.05, 0) is 47.4 Å². The predicted molar refractivity (Wildman–Crippen MR) is 118 cm³/mol. The third-order valence-electron chi connectivity index (χ3n) is 5.33. The molecule has 0 aromatic heterocycles. The number of thioether (sulfide) groups is 1. The second-order valence-electron chi connectivity index (χ2n) is 6.88. The third kappa shape index (κ3) is 3.22. The number of methoxy groups -OCH3 is 2. The summed E-state index contributed by atoms with van der Waals surface area (Å²) in [4.78, 5) is 0.947. The van der Waals surface area contributed by atoms with Gasteiger partial charge in [-0.3, -0.25) is 0 Å². The molecule has 1 aliphatic heterocycles. The van der Waals surface area contributed by atoms with Crippen LogP contribution in [0.1, 0.15) is 27.5 Å². The fraction of sp³-hybridized carbons (Fsp3) is 0.167. The molecule has 2 N–H and O–H groups in total. The van der Waals surface area contributed by atoms with Gasteiger partial charge in [0.05, 0.1) is 31.0 Å². The van der Waals surface area contributed by atoms with E-state index in [1.165, 1.54) is 0 Å². The number of nitrogen functional groups attached to an aromatic ring is 1. The van der Waals surface area contributed by atoms with Crippen molar-refractivity contribution in [3.05, 3.63) is 70.8 Å². The predicted octanol–water partition coefficient (Wildman–Crippen LogP) is 5.09. The van der Waals surface area contributed by atoms with Crippen LogP contribution >= 0.6 is 11.8 Å². The third-order valence-corrected chi connectivity index (χ3v) is 6.74. The molecule has 148 valence electrons. The van der Waals surface area contributed by atoms with Crippen LogP contribution in [0.15, 0.2) is 53.4 Å². The van der Waals surface area contributed by atoms with E-state index in [-0.39, 0.29) is 10.9 Å². The standard InChI is InChI=1S/C24H19N3O2S/c1-28-16-7-3-14(4-8-16)21-11-18-19(12-25)23(27)20(13-26)22(24(18)30-21)15-5-9-17(29-2)10-6-15/h3-10,21H,11,27H2,1-2H3. The van der Waals surface area contributed by atoms with Crippen LogP contribution in [-0.4, -0.2) is 14.2 Å². The topological polar surface area (TPSA) is 92.1 Å². The molecule has 1 unspecified atom stereocenters. The average Bonchev–Trinajstić information content (AvgIpc) is 3.23. The van der Waals surface area contributed by atoms with Gasteiger partial charge in [0.25, 0.3) is 0 Å². The van der Waals surface area contributed by atoms with E-state index in [2.05, 4.69) is 12.1 Å². The summed E-state index contributed by atoms with van der Waals surface area (Å²) >= 11 is 1.67. The summed E-state index contributed by atoms with van der Waals surface area (Å²) < 4.78 is 10.5. The number of hydrogen-bond donors (Lipinski definition) is 1. The van der Waals surface area contributed by atoms with Gasteiger partial charge in [-0.1, -0.05) is 24.3 Å². The van der Waals surface area contributed by atoms with Crippen LogP contribution in [0.3, 0.4) is 0 Å². The van der Waals surface area contributed by atoms with E-state index in [0.29, 0.717) is 17.5 Å². The molecule has 1 heterocycles. The highest BCUT2D eigenvalue weighted by molar-refractivity contribution is 8.00. The minimum Gasteiger partial charge on any atom is -0.497 e. The maximum atomic E-state index is 9.87. The van der Waals surface area contributed by atoms with Gasteiger partial charge in [-0.25, -0.2) is 0 Å². The molecule has 3 aromatic rings. The van der Waals surface area contributed by atoms with Crippen LogP contribution in [0.25, 0.3) is 11.1 Å². The molecule has 3 aromatic carbocycles. The molecule has 0 radical (unpaired) electrons. The number of anilines is 1. The number of nitrogens with zero attached hydrogens (tertiary/aromatic N) is 2. The normalized spacial score (nSPS) is 14.5. The van der Waals surface area contributed by atoms with Crippen molar-refractivity contribution in [2.24, 2.45) is 0 Å². The highest BCUT2D eigenvalue weighted by Gasteiger charge is 2.33. The van der Waals surface area contributed by atoms with E-state index in [4.69, 9.17) is 15.2 Å². The summed E-state index contributed by atoms with van der Waals surface area (Å²) in [5.74, 6) is 1.53. The van der Waals surface area contributed by atoms with Gasteiger partial charge < -0.3 is 15.2 Å². The van der Waals surface area contributed by atoms with Crippen molar-refractivity contribution in [1.82, 2.24) is 0 Å². The van der Waals surface area contributed by atoms with Gasteiger partial charge in [-0.15, -0.1) is 11.8 Å². The Kier molecular flexibility index (Phi) is 5.27. The molecular formula is C24H19N3O2S. The number of rotatable bonds is 4. The summed E-state index contributed by atoms with van der Waals surface area (Å²) in [6.07, 6.45) is 0.675. The van der Waals surface area contributed by atoms with Crippen LogP contribution in [0.4, 0.5) is 5.69 Å². The van der Waals surface area contributed by atoms with Crippen LogP contribution in [0, 0.1) is 22.7 Å². The molecule has 0 fully saturated rings. The maximum Gasteiger partial charge on any atom is 0.118 e. The number of ether oxygens (including phenoxy) is 2. The number of nitriles is 2. The summed E-state index contributed by atoms with van der Waals surface area (Å²) in [5, 5.41) is 19.8. The van der Waals surface area contributed by atoms with E-state index < -0.39 is 0 Å². The monoisotopic (exact) mass is 413 g/mol.